The molecule has 6 heteroatoms. The molecule has 0 aliphatic carbocycles. The van der Waals surface area contributed by atoms with Gasteiger partial charge in [-0.25, -0.2) is 4.98 Å². The van der Waals surface area contributed by atoms with Crippen molar-refractivity contribution in [3.63, 3.8) is 0 Å². The quantitative estimate of drug-likeness (QED) is 0.656. The van der Waals surface area contributed by atoms with Crippen molar-refractivity contribution < 1.29 is 4.92 Å². The third-order valence-corrected chi connectivity index (χ3v) is 2.91. The number of anilines is 3. The van der Waals surface area contributed by atoms with Crippen LogP contribution in [0.4, 0.5) is 23.0 Å². The molecule has 0 bridgehead atoms. The number of hydrogen-bond donors (Lipinski definition) is 2. The van der Waals surface area contributed by atoms with E-state index in [0.717, 1.165) is 11.3 Å². The van der Waals surface area contributed by atoms with Crippen LogP contribution in [-0.2, 0) is 0 Å². The van der Waals surface area contributed by atoms with Crippen LogP contribution in [0, 0.1) is 10.1 Å². The average Bonchev–Trinajstić information content (AvgIpc) is 2.38. The van der Waals surface area contributed by atoms with Crippen molar-refractivity contribution in [3.8, 4) is 0 Å². The van der Waals surface area contributed by atoms with Gasteiger partial charge < -0.3 is 11.1 Å². The van der Waals surface area contributed by atoms with Gasteiger partial charge in [-0.3, -0.25) is 10.1 Å². The Bertz CT molecular complexity index is 641. The molecule has 0 atom stereocenters. The second-order valence-corrected chi connectivity index (χ2v) is 4.77. The summed E-state index contributed by atoms with van der Waals surface area (Å²) >= 11 is 0. The second kappa shape index (κ2) is 5.56. The molecule has 1 heterocycles. The van der Waals surface area contributed by atoms with Crippen LogP contribution >= 0.6 is 0 Å². The number of nitrogens with two attached hydrogens (primary N) is 1. The molecule has 1 aromatic heterocycles. The first-order valence-electron chi connectivity index (χ1n) is 6.25. The van der Waals surface area contributed by atoms with E-state index in [0.29, 0.717) is 5.92 Å². The van der Waals surface area contributed by atoms with E-state index in [1.807, 2.05) is 24.3 Å². The maximum absolute atomic E-state index is 11.0. The minimum atomic E-state index is -0.485. The van der Waals surface area contributed by atoms with Gasteiger partial charge in [0.05, 0.1) is 4.92 Å². The standard InChI is InChI=1S/C14H16N4O2/c1-9(2)10-4-3-5-11(8-10)16-14-12(18(19)20)6-7-13(15)17-14/h3-9H,1-2H3,(H3,15,16,17). The number of nitrogens with one attached hydrogen (secondary N) is 1. The van der Waals surface area contributed by atoms with Crippen LogP contribution in [-0.4, -0.2) is 9.91 Å². The van der Waals surface area contributed by atoms with E-state index >= 15 is 0 Å². The van der Waals surface area contributed by atoms with Gasteiger partial charge in [0.25, 0.3) is 0 Å². The Labute approximate surface area is 116 Å². The highest BCUT2D eigenvalue weighted by molar-refractivity contribution is 5.67. The summed E-state index contributed by atoms with van der Waals surface area (Å²) in [5.41, 5.74) is 7.37. The van der Waals surface area contributed by atoms with E-state index < -0.39 is 4.92 Å². The van der Waals surface area contributed by atoms with Gasteiger partial charge in [-0.1, -0.05) is 26.0 Å². The fourth-order valence-electron chi connectivity index (χ4n) is 1.82. The number of rotatable bonds is 4. The summed E-state index contributed by atoms with van der Waals surface area (Å²) in [6.45, 7) is 4.17. The number of nitro groups is 1. The summed E-state index contributed by atoms with van der Waals surface area (Å²) in [5.74, 6) is 0.759. The van der Waals surface area contributed by atoms with Gasteiger partial charge in [-0.15, -0.1) is 0 Å². The van der Waals surface area contributed by atoms with Crippen LogP contribution in [0.5, 0.6) is 0 Å². The monoisotopic (exact) mass is 272 g/mol. The highest BCUT2D eigenvalue weighted by atomic mass is 16.6. The molecule has 0 aliphatic rings. The van der Waals surface area contributed by atoms with Crippen molar-refractivity contribution in [3.05, 3.63) is 52.1 Å². The molecular formula is C14H16N4O2. The van der Waals surface area contributed by atoms with E-state index in [4.69, 9.17) is 5.73 Å². The summed E-state index contributed by atoms with van der Waals surface area (Å²) in [6.07, 6.45) is 0. The van der Waals surface area contributed by atoms with Gasteiger partial charge in [-0.05, 0) is 29.7 Å². The Morgan fingerprint density at radius 2 is 2.05 bits per heavy atom. The fraction of sp³-hybridized carbons (Fsp3) is 0.214. The van der Waals surface area contributed by atoms with Gasteiger partial charge in [0, 0.05) is 11.8 Å². The Hall–Kier alpha value is -2.63. The van der Waals surface area contributed by atoms with Gasteiger partial charge in [0.1, 0.15) is 5.82 Å². The molecule has 0 aliphatic heterocycles. The van der Waals surface area contributed by atoms with Crippen molar-refractivity contribution >= 4 is 23.0 Å². The lowest BCUT2D eigenvalue weighted by molar-refractivity contribution is -0.384. The van der Waals surface area contributed by atoms with Crippen LogP contribution in [0.15, 0.2) is 36.4 Å². The molecule has 104 valence electrons. The maximum Gasteiger partial charge on any atom is 0.311 e. The summed E-state index contributed by atoms with van der Waals surface area (Å²) in [4.78, 5) is 14.5. The maximum atomic E-state index is 11.0. The lowest BCUT2D eigenvalue weighted by Crippen LogP contribution is -2.02. The predicted molar refractivity (Wildman–Crippen MR) is 79.1 cm³/mol. The highest BCUT2D eigenvalue weighted by Crippen LogP contribution is 2.27. The first-order valence-corrected chi connectivity index (χ1v) is 6.25. The predicted octanol–water partition coefficient (Wildman–Crippen LogP) is 3.44. The number of aromatic nitrogens is 1. The third-order valence-electron chi connectivity index (χ3n) is 2.91. The lowest BCUT2D eigenvalue weighted by atomic mass is 10.0. The zero-order valence-corrected chi connectivity index (χ0v) is 11.3. The third kappa shape index (κ3) is 3.03. The van der Waals surface area contributed by atoms with Crippen LogP contribution in [0.25, 0.3) is 0 Å². The molecule has 2 aromatic rings. The van der Waals surface area contributed by atoms with Gasteiger partial charge in [-0.2, -0.15) is 0 Å². The Morgan fingerprint density at radius 1 is 1.30 bits per heavy atom. The smallest absolute Gasteiger partial charge is 0.311 e. The van der Waals surface area contributed by atoms with E-state index in [-0.39, 0.29) is 17.3 Å². The molecule has 0 unspecified atom stereocenters. The largest absolute Gasteiger partial charge is 0.384 e. The number of benzene rings is 1. The first-order chi connectivity index (χ1) is 9.47. The molecule has 1 aromatic carbocycles. The van der Waals surface area contributed by atoms with Crippen LogP contribution in [0.3, 0.4) is 0 Å². The number of nitrogens with zero attached hydrogens (tertiary/aromatic N) is 2. The normalized spacial score (nSPS) is 10.6. The lowest BCUT2D eigenvalue weighted by Gasteiger charge is -2.10. The summed E-state index contributed by atoms with van der Waals surface area (Å²) in [5, 5.41) is 13.9. The summed E-state index contributed by atoms with van der Waals surface area (Å²) in [6, 6.07) is 10.4. The summed E-state index contributed by atoms with van der Waals surface area (Å²) in [7, 11) is 0. The highest BCUT2D eigenvalue weighted by Gasteiger charge is 2.15. The van der Waals surface area contributed by atoms with Gasteiger partial charge in [0.2, 0.25) is 5.82 Å². The van der Waals surface area contributed by atoms with E-state index in [9.17, 15) is 10.1 Å². The van der Waals surface area contributed by atoms with Gasteiger partial charge in [0.15, 0.2) is 0 Å². The van der Waals surface area contributed by atoms with E-state index in [1.165, 1.54) is 12.1 Å². The molecule has 0 spiro atoms. The molecule has 0 amide bonds. The van der Waals surface area contributed by atoms with Crippen molar-refractivity contribution in [2.24, 2.45) is 0 Å². The first kappa shape index (κ1) is 13.8. The molecule has 20 heavy (non-hydrogen) atoms. The molecule has 0 fully saturated rings. The van der Waals surface area contributed by atoms with E-state index in [1.54, 1.807) is 0 Å². The molecule has 0 saturated heterocycles. The Kier molecular flexibility index (Phi) is 3.84. The minimum absolute atomic E-state index is 0.103. The zero-order chi connectivity index (χ0) is 14.7. The Balaban J connectivity index is 2.36. The number of pyridine rings is 1. The molecule has 3 N–H and O–H groups in total. The number of nitrogen functional groups attached to an aromatic ring is 1. The Morgan fingerprint density at radius 3 is 2.70 bits per heavy atom. The van der Waals surface area contributed by atoms with Crippen LogP contribution in [0.1, 0.15) is 25.3 Å². The fourth-order valence-corrected chi connectivity index (χ4v) is 1.82. The molecule has 2 rings (SSSR count). The number of hydrogen-bond acceptors (Lipinski definition) is 5. The zero-order valence-electron chi connectivity index (χ0n) is 11.3. The summed E-state index contributed by atoms with van der Waals surface area (Å²) < 4.78 is 0. The van der Waals surface area contributed by atoms with Crippen molar-refractivity contribution in [2.45, 2.75) is 19.8 Å². The second-order valence-electron chi connectivity index (χ2n) is 4.77. The SMILES string of the molecule is CC(C)c1cccc(Nc2nc(N)ccc2[N+](=O)[O-])c1. The molecule has 6 nitrogen and oxygen atoms in total. The molecular weight excluding hydrogens is 256 g/mol. The van der Waals surface area contributed by atoms with Crippen molar-refractivity contribution in [1.82, 2.24) is 4.98 Å². The van der Waals surface area contributed by atoms with Crippen LogP contribution in [0.2, 0.25) is 0 Å². The van der Waals surface area contributed by atoms with E-state index in [2.05, 4.69) is 24.1 Å². The molecule has 0 saturated carbocycles. The van der Waals surface area contributed by atoms with Gasteiger partial charge >= 0.3 is 5.69 Å². The topological polar surface area (TPSA) is 94.1 Å². The van der Waals surface area contributed by atoms with Crippen LogP contribution < -0.4 is 11.1 Å². The average molecular weight is 272 g/mol. The molecule has 0 radical (unpaired) electrons. The van der Waals surface area contributed by atoms with Crippen molar-refractivity contribution in [1.29, 1.82) is 0 Å². The minimum Gasteiger partial charge on any atom is -0.384 e. The van der Waals surface area contributed by atoms with Crippen molar-refractivity contribution in [2.75, 3.05) is 11.1 Å².